The van der Waals surface area contributed by atoms with Crippen LogP contribution in [0.3, 0.4) is 0 Å². The third kappa shape index (κ3) is 2.12. The molecular weight excluding hydrogens is 196 g/mol. The molecule has 2 aromatic rings. The third-order valence-corrected chi connectivity index (χ3v) is 2.97. The van der Waals surface area contributed by atoms with E-state index in [9.17, 15) is 5.11 Å². The van der Waals surface area contributed by atoms with E-state index in [1.165, 1.54) is 0 Å². The van der Waals surface area contributed by atoms with Crippen LogP contribution in [0.2, 0.25) is 0 Å². The standard InChI is InChI=1S/C11H10O2S/c12-10-3-1-2-4-11(10)14-8-9-5-6-13-7-9/h1-7,12H,8H2. The van der Waals surface area contributed by atoms with E-state index in [4.69, 9.17) is 4.42 Å². The molecule has 0 bridgehead atoms. The highest BCUT2D eigenvalue weighted by atomic mass is 32.2. The molecule has 14 heavy (non-hydrogen) atoms. The quantitative estimate of drug-likeness (QED) is 0.782. The van der Waals surface area contributed by atoms with Gasteiger partial charge in [-0.15, -0.1) is 11.8 Å². The molecule has 0 aliphatic heterocycles. The molecule has 0 spiro atoms. The largest absolute Gasteiger partial charge is 0.507 e. The van der Waals surface area contributed by atoms with Gasteiger partial charge in [-0.2, -0.15) is 0 Å². The fourth-order valence-electron chi connectivity index (χ4n) is 1.12. The average Bonchev–Trinajstić information content (AvgIpc) is 2.69. The van der Waals surface area contributed by atoms with Crippen molar-refractivity contribution >= 4 is 11.8 Å². The number of aromatic hydroxyl groups is 1. The van der Waals surface area contributed by atoms with Crippen molar-refractivity contribution in [2.75, 3.05) is 0 Å². The zero-order valence-electron chi connectivity index (χ0n) is 7.51. The Morgan fingerprint density at radius 1 is 1.21 bits per heavy atom. The summed E-state index contributed by atoms with van der Waals surface area (Å²) in [5.41, 5.74) is 1.12. The molecule has 0 aliphatic rings. The summed E-state index contributed by atoms with van der Waals surface area (Å²) in [6.07, 6.45) is 3.37. The molecule has 3 heteroatoms. The smallest absolute Gasteiger partial charge is 0.129 e. The van der Waals surface area contributed by atoms with Crippen LogP contribution in [0.5, 0.6) is 5.75 Å². The van der Waals surface area contributed by atoms with Crippen molar-refractivity contribution < 1.29 is 9.52 Å². The van der Waals surface area contributed by atoms with Crippen molar-refractivity contribution in [3.05, 3.63) is 48.4 Å². The zero-order valence-corrected chi connectivity index (χ0v) is 8.33. The second kappa shape index (κ2) is 4.24. The highest BCUT2D eigenvalue weighted by Crippen LogP contribution is 2.30. The van der Waals surface area contributed by atoms with E-state index in [0.29, 0.717) is 5.75 Å². The number of furan rings is 1. The molecule has 0 fully saturated rings. The summed E-state index contributed by atoms with van der Waals surface area (Å²) in [6.45, 7) is 0. The maximum absolute atomic E-state index is 9.49. The van der Waals surface area contributed by atoms with Gasteiger partial charge in [-0.05, 0) is 18.2 Å². The van der Waals surface area contributed by atoms with Gasteiger partial charge >= 0.3 is 0 Å². The van der Waals surface area contributed by atoms with Crippen molar-refractivity contribution in [3.8, 4) is 5.75 Å². The van der Waals surface area contributed by atoms with Crippen LogP contribution in [0.4, 0.5) is 0 Å². The Hall–Kier alpha value is -1.35. The van der Waals surface area contributed by atoms with Gasteiger partial charge in [-0.3, -0.25) is 0 Å². The summed E-state index contributed by atoms with van der Waals surface area (Å²) in [5, 5.41) is 9.49. The van der Waals surface area contributed by atoms with Crippen molar-refractivity contribution in [1.29, 1.82) is 0 Å². The normalized spacial score (nSPS) is 10.3. The van der Waals surface area contributed by atoms with Crippen LogP contribution in [0.1, 0.15) is 5.56 Å². The second-order valence-electron chi connectivity index (χ2n) is 2.89. The highest BCUT2D eigenvalue weighted by molar-refractivity contribution is 7.98. The Labute approximate surface area is 86.6 Å². The number of thioether (sulfide) groups is 1. The van der Waals surface area contributed by atoms with E-state index in [1.54, 1.807) is 30.4 Å². The van der Waals surface area contributed by atoms with Gasteiger partial charge in [0.1, 0.15) is 5.75 Å². The summed E-state index contributed by atoms with van der Waals surface area (Å²) in [4.78, 5) is 0.897. The molecule has 1 aromatic heterocycles. The van der Waals surface area contributed by atoms with Crippen molar-refractivity contribution in [2.45, 2.75) is 10.6 Å². The predicted octanol–water partition coefficient (Wildman–Crippen LogP) is 3.28. The SMILES string of the molecule is Oc1ccccc1SCc1ccoc1. The minimum absolute atomic E-state index is 0.334. The Bertz CT molecular complexity index is 395. The molecular formula is C11H10O2S. The van der Waals surface area contributed by atoms with E-state index in [1.807, 2.05) is 24.3 Å². The van der Waals surface area contributed by atoms with Gasteiger partial charge in [0.05, 0.1) is 12.5 Å². The number of phenolic OH excluding ortho intramolecular Hbond substituents is 1. The van der Waals surface area contributed by atoms with Gasteiger partial charge < -0.3 is 9.52 Å². The summed E-state index contributed by atoms with van der Waals surface area (Å²) < 4.78 is 4.96. The molecule has 1 N–H and O–H groups in total. The molecule has 0 saturated heterocycles. The molecule has 0 radical (unpaired) electrons. The zero-order chi connectivity index (χ0) is 9.80. The van der Waals surface area contributed by atoms with Crippen LogP contribution < -0.4 is 0 Å². The highest BCUT2D eigenvalue weighted by Gasteiger charge is 2.01. The topological polar surface area (TPSA) is 33.4 Å². The van der Waals surface area contributed by atoms with Gasteiger partial charge in [0.25, 0.3) is 0 Å². The number of benzene rings is 1. The lowest BCUT2D eigenvalue weighted by atomic mass is 10.3. The fraction of sp³-hybridized carbons (Fsp3) is 0.0909. The average molecular weight is 206 g/mol. The third-order valence-electron chi connectivity index (χ3n) is 1.84. The first-order chi connectivity index (χ1) is 6.86. The first-order valence-corrected chi connectivity index (χ1v) is 5.26. The molecule has 0 aliphatic carbocycles. The molecule has 1 aromatic carbocycles. The molecule has 0 amide bonds. The van der Waals surface area contributed by atoms with E-state index in [0.717, 1.165) is 16.2 Å². The van der Waals surface area contributed by atoms with Gasteiger partial charge in [0, 0.05) is 16.2 Å². The summed E-state index contributed by atoms with van der Waals surface area (Å²) in [6, 6.07) is 9.25. The van der Waals surface area contributed by atoms with E-state index in [2.05, 4.69) is 0 Å². The van der Waals surface area contributed by atoms with Crippen molar-refractivity contribution in [1.82, 2.24) is 0 Å². The van der Waals surface area contributed by atoms with Crippen LogP contribution in [-0.4, -0.2) is 5.11 Å². The van der Waals surface area contributed by atoms with Crippen LogP contribution >= 0.6 is 11.8 Å². The minimum atomic E-state index is 0.334. The maximum atomic E-state index is 9.49. The second-order valence-corrected chi connectivity index (χ2v) is 3.91. The molecule has 0 saturated carbocycles. The number of phenols is 1. The lowest BCUT2D eigenvalue weighted by Crippen LogP contribution is -1.76. The Kier molecular flexibility index (Phi) is 2.79. The number of rotatable bonds is 3. The summed E-state index contributed by atoms with van der Waals surface area (Å²) in [7, 11) is 0. The Morgan fingerprint density at radius 2 is 2.07 bits per heavy atom. The first-order valence-electron chi connectivity index (χ1n) is 4.28. The number of hydrogen-bond acceptors (Lipinski definition) is 3. The molecule has 0 atom stereocenters. The van der Waals surface area contributed by atoms with E-state index in [-0.39, 0.29) is 0 Å². The van der Waals surface area contributed by atoms with Crippen LogP contribution in [-0.2, 0) is 5.75 Å². The van der Waals surface area contributed by atoms with Gasteiger partial charge in [0.2, 0.25) is 0 Å². The fourth-order valence-corrected chi connectivity index (χ4v) is 1.99. The minimum Gasteiger partial charge on any atom is -0.507 e. The summed E-state index contributed by atoms with van der Waals surface area (Å²) >= 11 is 1.59. The molecule has 72 valence electrons. The lowest BCUT2D eigenvalue weighted by molar-refractivity contribution is 0.462. The summed E-state index contributed by atoms with van der Waals surface area (Å²) in [5.74, 6) is 1.15. The van der Waals surface area contributed by atoms with Gasteiger partial charge in [0.15, 0.2) is 0 Å². The van der Waals surface area contributed by atoms with Crippen LogP contribution in [0.25, 0.3) is 0 Å². The number of hydrogen-bond donors (Lipinski definition) is 1. The first kappa shape index (κ1) is 9.21. The lowest BCUT2D eigenvalue weighted by Gasteiger charge is -2.01. The Morgan fingerprint density at radius 3 is 2.79 bits per heavy atom. The number of para-hydroxylation sites is 1. The van der Waals surface area contributed by atoms with Gasteiger partial charge in [-0.25, -0.2) is 0 Å². The van der Waals surface area contributed by atoms with E-state index < -0.39 is 0 Å². The monoisotopic (exact) mass is 206 g/mol. The van der Waals surface area contributed by atoms with Gasteiger partial charge in [-0.1, -0.05) is 12.1 Å². The maximum Gasteiger partial charge on any atom is 0.129 e. The van der Waals surface area contributed by atoms with Crippen LogP contribution in [0, 0.1) is 0 Å². The van der Waals surface area contributed by atoms with E-state index >= 15 is 0 Å². The predicted molar refractivity (Wildman–Crippen MR) is 56.4 cm³/mol. The molecule has 2 nitrogen and oxygen atoms in total. The molecule has 2 rings (SSSR count). The van der Waals surface area contributed by atoms with Crippen molar-refractivity contribution in [3.63, 3.8) is 0 Å². The molecule has 0 unspecified atom stereocenters. The molecule has 1 heterocycles. The Balaban J connectivity index is 2.02. The van der Waals surface area contributed by atoms with Crippen molar-refractivity contribution in [2.24, 2.45) is 0 Å². The van der Waals surface area contributed by atoms with Crippen LogP contribution in [0.15, 0.2) is 52.2 Å².